The average Bonchev–Trinajstić information content (AvgIpc) is 2.74. The van der Waals surface area contributed by atoms with Crippen LogP contribution >= 0.6 is 0 Å². The van der Waals surface area contributed by atoms with Crippen LogP contribution in [-0.4, -0.2) is 53.7 Å². The van der Waals surface area contributed by atoms with Crippen molar-refractivity contribution in [1.82, 2.24) is 9.80 Å². The summed E-state index contributed by atoms with van der Waals surface area (Å²) in [6.45, 7) is 4.81. The predicted octanol–water partition coefficient (Wildman–Crippen LogP) is 2.94. The first-order valence-electron chi connectivity index (χ1n) is 9.63. The molecule has 3 rings (SSSR count). The zero-order valence-electron chi connectivity index (χ0n) is 16.6. The highest BCUT2D eigenvalue weighted by atomic mass is 19.1. The predicted molar refractivity (Wildman–Crippen MR) is 108 cm³/mol. The number of aryl methyl sites for hydroxylation is 1. The third-order valence-electron chi connectivity index (χ3n) is 4.98. The number of piperazine rings is 1. The van der Waals surface area contributed by atoms with Crippen molar-refractivity contribution in [2.24, 2.45) is 0 Å². The molecule has 0 saturated carbocycles. The van der Waals surface area contributed by atoms with Crippen molar-refractivity contribution in [2.75, 3.05) is 31.5 Å². The van der Waals surface area contributed by atoms with E-state index >= 15 is 0 Å². The van der Waals surface area contributed by atoms with Crippen molar-refractivity contribution < 1.29 is 18.8 Å². The van der Waals surface area contributed by atoms with Crippen molar-refractivity contribution in [3.05, 3.63) is 65.0 Å². The first kappa shape index (κ1) is 20.5. The summed E-state index contributed by atoms with van der Waals surface area (Å²) in [7, 11) is 0. The normalized spacial score (nSPS) is 13.9. The second-order valence-corrected chi connectivity index (χ2v) is 7.01. The third-order valence-corrected chi connectivity index (χ3v) is 4.98. The SMILES string of the molecule is CCc1ccc(C(=O)N2CCN(C(=O)c3cc(NC(C)=O)ccc3F)CC2)cc1. The second kappa shape index (κ2) is 8.86. The molecule has 7 heteroatoms. The molecular weight excluding hydrogens is 373 g/mol. The number of carbonyl (C=O) groups excluding carboxylic acids is 3. The Hall–Kier alpha value is -3.22. The van der Waals surface area contributed by atoms with E-state index in [0.29, 0.717) is 37.4 Å². The van der Waals surface area contributed by atoms with E-state index in [0.717, 1.165) is 12.5 Å². The van der Waals surface area contributed by atoms with Gasteiger partial charge in [-0.1, -0.05) is 19.1 Å². The number of hydrogen-bond donors (Lipinski definition) is 1. The number of rotatable bonds is 4. The van der Waals surface area contributed by atoms with Gasteiger partial charge in [-0.05, 0) is 42.3 Å². The monoisotopic (exact) mass is 397 g/mol. The minimum absolute atomic E-state index is 0.0708. The summed E-state index contributed by atoms with van der Waals surface area (Å²) in [6, 6.07) is 11.4. The first-order chi connectivity index (χ1) is 13.9. The molecule has 2 aromatic carbocycles. The van der Waals surface area contributed by atoms with E-state index in [-0.39, 0.29) is 17.4 Å². The van der Waals surface area contributed by atoms with E-state index in [2.05, 4.69) is 12.2 Å². The van der Waals surface area contributed by atoms with Crippen molar-refractivity contribution in [3.63, 3.8) is 0 Å². The first-order valence-corrected chi connectivity index (χ1v) is 9.63. The number of carbonyl (C=O) groups is 3. The number of amides is 3. The number of benzene rings is 2. The molecule has 1 aliphatic heterocycles. The quantitative estimate of drug-likeness (QED) is 0.862. The van der Waals surface area contributed by atoms with Crippen molar-refractivity contribution in [3.8, 4) is 0 Å². The lowest BCUT2D eigenvalue weighted by Gasteiger charge is -2.35. The highest BCUT2D eigenvalue weighted by Gasteiger charge is 2.27. The Morgan fingerprint density at radius 3 is 2.07 bits per heavy atom. The highest BCUT2D eigenvalue weighted by Crippen LogP contribution is 2.18. The van der Waals surface area contributed by atoms with Gasteiger partial charge < -0.3 is 15.1 Å². The fraction of sp³-hybridized carbons (Fsp3) is 0.318. The molecule has 0 aliphatic carbocycles. The molecule has 1 heterocycles. The van der Waals surface area contributed by atoms with Crippen LogP contribution in [0.15, 0.2) is 42.5 Å². The van der Waals surface area contributed by atoms with Crippen LogP contribution in [0.25, 0.3) is 0 Å². The molecule has 0 radical (unpaired) electrons. The lowest BCUT2D eigenvalue weighted by atomic mass is 10.1. The Morgan fingerprint density at radius 2 is 1.52 bits per heavy atom. The van der Waals surface area contributed by atoms with E-state index in [1.54, 1.807) is 4.90 Å². The largest absolute Gasteiger partial charge is 0.335 e. The lowest BCUT2D eigenvalue weighted by Crippen LogP contribution is -2.50. The average molecular weight is 397 g/mol. The van der Waals surface area contributed by atoms with Crippen LogP contribution in [0.1, 0.15) is 40.1 Å². The van der Waals surface area contributed by atoms with Gasteiger partial charge in [0.2, 0.25) is 5.91 Å². The summed E-state index contributed by atoms with van der Waals surface area (Å²) >= 11 is 0. The maximum absolute atomic E-state index is 14.2. The van der Waals surface area contributed by atoms with Crippen molar-refractivity contribution >= 4 is 23.4 Å². The molecule has 0 bridgehead atoms. The van der Waals surface area contributed by atoms with Crippen LogP contribution in [0, 0.1) is 5.82 Å². The summed E-state index contributed by atoms with van der Waals surface area (Å²) in [4.78, 5) is 39.8. The van der Waals surface area contributed by atoms with E-state index in [1.165, 1.54) is 29.5 Å². The molecule has 1 fully saturated rings. The highest BCUT2D eigenvalue weighted by molar-refractivity contribution is 5.98. The molecule has 2 aromatic rings. The van der Waals surface area contributed by atoms with Gasteiger partial charge in [0.25, 0.3) is 11.8 Å². The van der Waals surface area contributed by atoms with E-state index in [9.17, 15) is 18.8 Å². The maximum Gasteiger partial charge on any atom is 0.257 e. The topological polar surface area (TPSA) is 69.7 Å². The molecule has 1 aliphatic rings. The van der Waals surface area contributed by atoms with Gasteiger partial charge >= 0.3 is 0 Å². The van der Waals surface area contributed by atoms with Gasteiger partial charge in [-0.25, -0.2) is 4.39 Å². The standard InChI is InChI=1S/C22H24FN3O3/c1-3-16-4-6-17(7-5-16)21(28)25-10-12-26(13-11-25)22(29)19-14-18(24-15(2)27)8-9-20(19)23/h4-9,14H,3,10-13H2,1-2H3,(H,24,27). The Morgan fingerprint density at radius 1 is 0.931 bits per heavy atom. The third kappa shape index (κ3) is 4.80. The molecule has 0 atom stereocenters. The van der Waals surface area contributed by atoms with Crippen LogP contribution in [0.4, 0.5) is 10.1 Å². The van der Waals surface area contributed by atoms with Crippen molar-refractivity contribution in [1.29, 1.82) is 0 Å². The van der Waals surface area contributed by atoms with Crippen LogP contribution in [0.2, 0.25) is 0 Å². The summed E-state index contributed by atoms with van der Waals surface area (Å²) in [5.41, 5.74) is 2.06. The Balaban J connectivity index is 1.65. The van der Waals surface area contributed by atoms with Gasteiger partial charge in [-0.2, -0.15) is 0 Å². The summed E-state index contributed by atoms with van der Waals surface area (Å²) in [5, 5.41) is 2.55. The Bertz CT molecular complexity index is 919. The molecule has 3 amide bonds. The number of nitrogens with zero attached hydrogens (tertiary/aromatic N) is 2. The summed E-state index contributed by atoms with van der Waals surface area (Å²) in [6.07, 6.45) is 0.912. The van der Waals surface area contributed by atoms with Gasteiger partial charge in [0.1, 0.15) is 5.82 Å². The minimum atomic E-state index is -0.640. The molecule has 1 saturated heterocycles. The molecule has 6 nitrogen and oxygen atoms in total. The molecule has 0 aromatic heterocycles. The Labute approximate surface area is 169 Å². The molecule has 29 heavy (non-hydrogen) atoms. The van der Waals surface area contributed by atoms with E-state index in [1.807, 2.05) is 24.3 Å². The van der Waals surface area contributed by atoms with Gasteiger partial charge in [0.15, 0.2) is 0 Å². The van der Waals surface area contributed by atoms with Gasteiger partial charge in [0.05, 0.1) is 5.56 Å². The summed E-state index contributed by atoms with van der Waals surface area (Å²) in [5.74, 6) is -1.46. The Kier molecular flexibility index (Phi) is 6.26. The van der Waals surface area contributed by atoms with Gasteiger partial charge in [-0.3, -0.25) is 14.4 Å². The molecule has 152 valence electrons. The van der Waals surface area contributed by atoms with Crippen molar-refractivity contribution in [2.45, 2.75) is 20.3 Å². The van der Waals surface area contributed by atoms with Crippen LogP contribution in [-0.2, 0) is 11.2 Å². The molecular formula is C22H24FN3O3. The molecule has 0 unspecified atom stereocenters. The lowest BCUT2D eigenvalue weighted by molar-refractivity contribution is -0.114. The maximum atomic E-state index is 14.2. The van der Waals surface area contributed by atoms with Crippen LogP contribution in [0.5, 0.6) is 0 Å². The zero-order chi connectivity index (χ0) is 21.0. The summed E-state index contributed by atoms with van der Waals surface area (Å²) < 4.78 is 14.2. The number of hydrogen-bond acceptors (Lipinski definition) is 3. The smallest absolute Gasteiger partial charge is 0.257 e. The number of anilines is 1. The second-order valence-electron chi connectivity index (χ2n) is 7.01. The van der Waals surface area contributed by atoms with Crippen LogP contribution < -0.4 is 5.32 Å². The number of nitrogens with one attached hydrogen (secondary N) is 1. The number of halogens is 1. The minimum Gasteiger partial charge on any atom is -0.335 e. The fourth-order valence-electron chi connectivity index (χ4n) is 3.32. The zero-order valence-corrected chi connectivity index (χ0v) is 16.6. The van der Waals surface area contributed by atoms with E-state index in [4.69, 9.17) is 0 Å². The van der Waals surface area contributed by atoms with Crippen LogP contribution in [0.3, 0.4) is 0 Å². The molecule has 0 spiro atoms. The fourth-order valence-corrected chi connectivity index (χ4v) is 3.32. The molecule has 1 N–H and O–H groups in total. The van der Waals surface area contributed by atoms with E-state index < -0.39 is 11.7 Å². The van der Waals surface area contributed by atoms with Gasteiger partial charge in [-0.15, -0.1) is 0 Å². The van der Waals surface area contributed by atoms with Gasteiger partial charge in [0, 0.05) is 44.4 Å².